The number of methoxy groups -OCH3 is 1. The highest BCUT2D eigenvalue weighted by atomic mass is 79.9. The number of rotatable bonds is 9. The largest absolute Gasteiger partial charge is 0.383 e. The second-order valence-electron chi connectivity index (χ2n) is 4.33. The maximum absolute atomic E-state index is 11.7. The Balaban J connectivity index is 0.00000400. The molecule has 120 valence electrons. The van der Waals surface area contributed by atoms with E-state index in [-0.39, 0.29) is 18.3 Å². The predicted octanol–water partition coefficient (Wildman–Crippen LogP) is 2.81. The van der Waals surface area contributed by atoms with E-state index >= 15 is 0 Å². The summed E-state index contributed by atoms with van der Waals surface area (Å²) in [4.78, 5) is 11.7. The molecule has 21 heavy (non-hydrogen) atoms. The van der Waals surface area contributed by atoms with E-state index in [1.165, 1.54) is 0 Å². The van der Waals surface area contributed by atoms with Gasteiger partial charge in [-0.1, -0.05) is 27.5 Å². The molecule has 0 aliphatic carbocycles. The first-order valence-corrected chi connectivity index (χ1v) is 7.71. The van der Waals surface area contributed by atoms with Gasteiger partial charge in [-0.15, -0.1) is 12.4 Å². The lowest BCUT2D eigenvalue weighted by molar-refractivity contribution is -0.121. The average Bonchev–Trinajstić information content (AvgIpc) is 2.43. The minimum atomic E-state index is 0. The number of hydrogen-bond acceptors (Lipinski definition) is 3. The molecule has 1 aromatic rings. The third-order valence-electron chi connectivity index (χ3n) is 2.74. The van der Waals surface area contributed by atoms with Gasteiger partial charge in [-0.3, -0.25) is 4.79 Å². The number of aryl methyl sites for hydroxylation is 1. The number of amides is 1. The molecule has 0 unspecified atom stereocenters. The van der Waals surface area contributed by atoms with Gasteiger partial charge in [-0.2, -0.15) is 0 Å². The fourth-order valence-corrected chi connectivity index (χ4v) is 2.30. The first kappa shape index (κ1) is 20.7. The molecule has 7 heteroatoms. The fourth-order valence-electron chi connectivity index (χ4n) is 1.66. The summed E-state index contributed by atoms with van der Waals surface area (Å²) in [7, 11) is 1.66. The Morgan fingerprint density at radius 2 is 2.10 bits per heavy atom. The van der Waals surface area contributed by atoms with Crippen LogP contribution in [0.4, 0.5) is 0 Å². The second-order valence-corrected chi connectivity index (χ2v) is 5.62. The van der Waals surface area contributed by atoms with Crippen LogP contribution in [0.3, 0.4) is 0 Å². The Hall–Kier alpha value is -0.330. The number of ether oxygens (including phenoxy) is 1. The molecule has 1 rings (SSSR count). The van der Waals surface area contributed by atoms with Crippen molar-refractivity contribution >= 4 is 45.8 Å². The van der Waals surface area contributed by atoms with Crippen molar-refractivity contribution in [3.8, 4) is 0 Å². The third-order valence-corrected chi connectivity index (χ3v) is 3.74. The van der Waals surface area contributed by atoms with Gasteiger partial charge < -0.3 is 15.4 Å². The molecule has 0 fully saturated rings. The zero-order valence-electron chi connectivity index (χ0n) is 12.0. The summed E-state index contributed by atoms with van der Waals surface area (Å²) < 4.78 is 5.90. The SMILES string of the molecule is COCCNCCNC(=O)CCc1cc(Cl)ccc1Br.Cl. The van der Waals surface area contributed by atoms with Crippen molar-refractivity contribution in [2.75, 3.05) is 33.4 Å². The quantitative estimate of drug-likeness (QED) is 0.627. The van der Waals surface area contributed by atoms with Crippen LogP contribution < -0.4 is 10.6 Å². The minimum Gasteiger partial charge on any atom is -0.383 e. The molecule has 0 saturated heterocycles. The van der Waals surface area contributed by atoms with E-state index in [0.29, 0.717) is 31.0 Å². The second kappa shape index (κ2) is 12.2. The summed E-state index contributed by atoms with van der Waals surface area (Å²) in [6.07, 6.45) is 1.13. The standard InChI is InChI=1S/C14H20BrClN2O2.ClH/c1-20-9-8-17-6-7-18-14(19)5-2-11-10-12(16)3-4-13(11)15;/h3-4,10,17H,2,5-9H2,1H3,(H,18,19);1H. The van der Waals surface area contributed by atoms with Crippen molar-refractivity contribution in [3.05, 3.63) is 33.3 Å². The van der Waals surface area contributed by atoms with Crippen molar-refractivity contribution < 1.29 is 9.53 Å². The van der Waals surface area contributed by atoms with Crippen molar-refractivity contribution in [2.45, 2.75) is 12.8 Å². The van der Waals surface area contributed by atoms with E-state index in [0.717, 1.165) is 23.1 Å². The van der Waals surface area contributed by atoms with Gasteiger partial charge in [0.2, 0.25) is 5.91 Å². The zero-order valence-corrected chi connectivity index (χ0v) is 15.1. The van der Waals surface area contributed by atoms with Crippen LogP contribution >= 0.6 is 39.9 Å². The fraction of sp³-hybridized carbons (Fsp3) is 0.500. The van der Waals surface area contributed by atoms with Gasteiger partial charge in [-0.25, -0.2) is 0 Å². The minimum absolute atomic E-state index is 0. The molecule has 0 heterocycles. The zero-order chi connectivity index (χ0) is 14.8. The molecule has 0 atom stereocenters. The molecule has 0 aromatic heterocycles. The van der Waals surface area contributed by atoms with Crippen LogP contribution in [0.1, 0.15) is 12.0 Å². The van der Waals surface area contributed by atoms with Gasteiger partial charge in [0.05, 0.1) is 6.61 Å². The van der Waals surface area contributed by atoms with Gasteiger partial charge in [0, 0.05) is 42.7 Å². The highest BCUT2D eigenvalue weighted by Gasteiger charge is 2.05. The Bertz CT molecular complexity index is 433. The molecule has 0 saturated carbocycles. The summed E-state index contributed by atoms with van der Waals surface area (Å²) in [5.41, 5.74) is 1.05. The molecule has 0 aliphatic rings. The van der Waals surface area contributed by atoms with Gasteiger partial charge in [0.25, 0.3) is 0 Å². The molecular formula is C14H21BrCl2N2O2. The van der Waals surface area contributed by atoms with Crippen LogP contribution in [0.5, 0.6) is 0 Å². The van der Waals surface area contributed by atoms with E-state index in [1.54, 1.807) is 7.11 Å². The Morgan fingerprint density at radius 3 is 2.81 bits per heavy atom. The molecule has 0 bridgehead atoms. The van der Waals surface area contributed by atoms with Crippen molar-refractivity contribution in [3.63, 3.8) is 0 Å². The van der Waals surface area contributed by atoms with E-state index in [4.69, 9.17) is 16.3 Å². The van der Waals surface area contributed by atoms with E-state index < -0.39 is 0 Å². The number of nitrogens with one attached hydrogen (secondary N) is 2. The van der Waals surface area contributed by atoms with Gasteiger partial charge in [0.1, 0.15) is 0 Å². The molecule has 1 aromatic carbocycles. The Kier molecular flexibility index (Phi) is 12.0. The van der Waals surface area contributed by atoms with Crippen LogP contribution in [0.25, 0.3) is 0 Å². The van der Waals surface area contributed by atoms with Gasteiger partial charge in [-0.05, 0) is 30.2 Å². The molecule has 2 N–H and O–H groups in total. The lowest BCUT2D eigenvalue weighted by atomic mass is 10.1. The predicted molar refractivity (Wildman–Crippen MR) is 92.5 cm³/mol. The summed E-state index contributed by atoms with van der Waals surface area (Å²) >= 11 is 9.39. The van der Waals surface area contributed by atoms with Gasteiger partial charge >= 0.3 is 0 Å². The molecular weight excluding hydrogens is 379 g/mol. The van der Waals surface area contributed by atoms with E-state index in [9.17, 15) is 4.79 Å². The maximum atomic E-state index is 11.7. The summed E-state index contributed by atoms with van der Waals surface area (Å²) in [6.45, 7) is 2.84. The van der Waals surface area contributed by atoms with Crippen LogP contribution in [-0.2, 0) is 16.0 Å². The Morgan fingerprint density at radius 1 is 1.33 bits per heavy atom. The summed E-state index contributed by atoms with van der Waals surface area (Å²) in [5, 5.41) is 6.73. The summed E-state index contributed by atoms with van der Waals surface area (Å²) in [6, 6.07) is 5.60. The normalized spacial score (nSPS) is 10.0. The van der Waals surface area contributed by atoms with Crippen molar-refractivity contribution in [2.24, 2.45) is 0 Å². The Labute approximate surface area is 145 Å². The molecule has 0 spiro atoms. The molecule has 4 nitrogen and oxygen atoms in total. The smallest absolute Gasteiger partial charge is 0.220 e. The lowest BCUT2D eigenvalue weighted by Gasteiger charge is -2.08. The number of halogens is 3. The van der Waals surface area contributed by atoms with Crippen molar-refractivity contribution in [1.29, 1.82) is 0 Å². The third kappa shape index (κ3) is 9.32. The van der Waals surface area contributed by atoms with E-state index in [1.807, 2.05) is 18.2 Å². The first-order chi connectivity index (χ1) is 9.63. The number of benzene rings is 1. The van der Waals surface area contributed by atoms with Crippen molar-refractivity contribution in [1.82, 2.24) is 10.6 Å². The van der Waals surface area contributed by atoms with Gasteiger partial charge in [0.15, 0.2) is 0 Å². The molecule has 0 aliphatic heterocycles. The number of carbonyl (C=O) groups is 1. The first-order valence-electron chi connectivity index (χ1n) is 6.53. The van der Waals surface area contributed by atoms with Crippen LogP contribution in [-0.4, -0.2) is 39.3 Å². The maximum Gasteiger partial charge on any atom is 0.220 e. The molecule has 1 amide bonds. The van der Waals surface area contributed by atoms with Crippen LogP contribution in [0, 0.1) is 0 Å². The van der Waals surface area contributed by atoms with E-state index in [2.05, 4.69) is 26.6 Å². The highest BCUT2D eigenvalue weighted by molar-refractivity contribution is 9.10. The summed E-state index contributed by atoms with van der Waals surface area (Å²) in [5.74, 6) is 0.0467. The number of hydrogen-bond donors (Lipinski definition) is 2. The average molecular weight is 400 g/mol. The highest BCUT2D eigenvalue weighted by Crippen LogP contribution is 2.22. The van der Waals surface area contributed by atoms with Crippen LogP contribution in [0.15, 0.2) is 22.7 Å². The monoisotopic (exact) mass is 398 g/mol. The number of carbonyl (C=O) groups excluding carboxylic acids is 1. The van der Waals surface area contributed by atoms with Crippen LogP contribution in [0.2, 0.25) is 5.02 Å². The molecule has 0 radical (unpaired) electrons. The lowest BCUT2D eigenvalue weighted by Crippen LogP contribution is -2.33. The topological polar surface area (TPSA) is 50.4 Å².